The van der Waals surface area contributed by atoms with Crippen molar-refractivity contribution >= 4 is 11.8 Å². The van der Waals surface area contributed by atoms with Crippen LogP contribution in [-0.2, 0) is 4.79 Å². The molecule has 19 heavy (non-hydrogen) atoms. The number of nitrogens with zero attached hydrogens (tertiary/aromatic N) is 1. The number of carbonyl (C=O) groups excluding carboxylic acids is 2. The molecule has 0 saturated heterocycles. The van der Waals surface area contributed by atoms with Crippen LogP contribution in [0.1, 0.15) is 29.8 Å². The zero-order valence-corrected chi connectivity index (χ0v) is 10.7. The smallest absolute Gasteiger partial charge is 0.253 e. The van der Waals surface area contributed by atoms with Crippen LogP contribution in [0, 0.1) is 11.8 Å². The highest BCUT2D eigenvalue weighted by Gasteiger charge is 2.27. The van der Waals surface area contributed by atoms with E-state index in [0.717, 1.165) is 0 Å². The van der Waals surface area contributed by atoms with E-state index in [0.29, 0.717) is 5.56 Å². The van der Waals surface area contributed by atoms with E-state index in [9.17, 15) is 9.59 Å². The van der Waals surface area contributed by atoms with Crippen molar-refractivity contribution in [3.8, 4) is 11.8 Å². The zero-order valence-electron chi connectivity index (χ0n) is 10.7. The minimum Gasteiger partial charge on any atom is -0.384 e. The van der Waals surface area contributed by atoms with Crippen LogP contribution < -0.4 is 11.1 Å². The summed E-state index contributed by atoms with van der Waals surface area (Å²) in [6.45, 7) is 2.75. The first kappa shape index (κ1) is 14.7. The fourth-order valence-electron chi connectivity index (χ4n) is 1.19. The fourth-order valence-corrected chi connectivity index (χ4v) is 1.19. The molecule has 0 aliphatic rings. The summed E-state index contributed by atoms with van der Waals surface area (Å²) in [6.07, 6.45) is 2.83. The Balaban J connectivity index is 2.92. The molecule has 1 rings (SSSR count). The number of nitrogens with two attached hydrogens (primary N) is 1. The molecule has 0 fully saturated rings. The van der Waals surface area contributed by atoms with E-state index in [2.05, 4.69) is 22.1 Å². The number of aromatic nitrogens is 1. The molecule has 1 heterocycles. The number of aliphatic hydroxyl groups is 1. The lowest BCUT2D eigenvalue weighted by Gasteiger charge is -2.22. The Hall–Kier alpha value is -2.39. The van der Waals surface area contributed by atoms with Crippen LogP contribution in [0.2, 0.25) is 0 Å². The van der Waals surface area contributed by atoms with Gasteiger partial charge in [-0.2, -0.15) is 0 Å². The Kier molecular flexibility index (Phi) is 4.62. The average molecular weight is 261 g/mol. The van der Waals surface area contributed by atoms with Gasteiger partial charge in [0, 0.05) is 18.0 Å². The third-order valence-electron chi connectivity index (χ3n) is 2.35. The number of amides is 2. The number of nitrogens with one attached hydrogen (secondary N) is 1. The van der Waals surface area contributed by atoms with Gasteiger partial charge in [-0.3, -0.25) is 14.6 Å². The summed E-state index contributed by atoms with van der Waals surface area (Å²) >= 11 is 0. The van der Waals surface area contributed by atoms with Gasteiger partial charge in [-0.25, -0.2) is 0 Å². The third kappa shape index (κ3) is 4.08. The van der Waals surface area contributed by atoms with Crippen LogP contribution in [0.25, 0.3) is 0 Å². The maximum atomic E-state index is 11.9. The highest BCUT2D eigenvalue weighted by Crippen LogP contribution is 2.06. The first-order valence-corrected chi connectivity index (χ1v) is 5.54. The van der Waals surface area contributed by atoms with Crippen molar-refractivity contribution in [3.05, 3.63) is 29.6 Å². The lowest BCUT2D eigenvalue weighted by Crippen LogP contribution is -2.53. The van der Waals surface area contributed by atoms with Crippen molar-refractivity contribution in [3.63, 3.8) is 0 Å². The summed E-state index contributed by atoms with van der Waals surface area (Å²) in [5.41, 5.74) is 4.79. The van der Waals surface area contributed by atoms with Gasteiger partial charge < -0.3 is 16.2 Å². The van der Waals surface area contributed by atoms with Gasteiger partial charge >= 0.3 is 0 Å². The van der Waals surface area contributed by atoms with Gasteiger partial charge in [0.1, 0.15) is 12.1 Å². The summed E-state index contributed by atoms with van der Waals surface area (Å²) in [5, 5.41) is 11.1. The molecule has 0 atom stereocenters. The molecule has 1 aromatic heterocycles. The molecule has 0 radical (unpaired) electrons. The number of hydrogen-bond donors (Lipinski definition) is 3. The van der Waals surface area contributed by atoms with E-state index in [1.807, 2.05) is 0 Å². The van der Waals surface area contributed by atoms with E-state index < -0.39 is 17.4 Å². The minimum absolute atomic E-state index is 0.263. The van der Waals surface area contributed by atoms with E-state index >= 15 is 0 Å². The fraction of sp³-hybridized carbons (Fsp3) is 0.308. The molecule has 0 saturated carbocycles. The number of pyridine rings is 1. The SMILES string of the molecule is CC(C)(NC(=O)c1cncc(C#CCO)c1)C(N)=O. The molecular weight excluding hydrogens is 246 g/mol. The number of hydrogen-bond acceptors (Lipinski definition) is 4. The molecule has 0 aliphatic carbocycles. The Morgan fingerprint density at radius 2 is 2.16 bits per heavy atom. The second kappa shape index (κ2) is 5.98. The van der Waals surface area contributed by atoms with Gasteiger partial charge in [0.05, 0.1) is 5.56 Å². The molecular formula is C13H15N3O3. The van der Waals surface area contributed by atoms with Crippen LogP contribution in [0.3, 0.4) is 0 Å². The summed E-state index contributed by atoms with van der Waals surface area (Å²) in [4.78, 5) is 26.9. The van der Waals surface area contributed by atoms with Crippen molar-refractivity contribution in [1.29, 1.82) is 0 Å². The Morgan fingerprint density at radius 3 is 2.74 bits per heavy atom. The van der Waals surface area contributed by atoms with E-state index in [1.165, 1.54) is 32.3 Å². The van der Waals surface area contributed by atoms with Crippen LogP contribution >= 0.6 is 0 Å². The number of rotatable bonds is 3. The van der Waals surface area contributed by atoms with Gasteiger partial charge in [-0.15, -0.1) is 0 Å². The predicted molar refractivity (Wildman–Crippen MR) is 68.9 cm³/mol. The quantitative estimate of drug-likeness (QED) is 0.633. The Morgan fingerprint density at radius 1 is 1.47 bits per heavy atom. The van der Waals surface area contributed by atoms with E-state index in [-0.39, 0.29) is 12.2 Å². The largest absolute Gasteiger partial charge is 0.384 e. The summed E-state index contributed by atoms with van der Waals surface area (Å²) in [7, 11) is 0. The maximum absolute atomic E-state index is 11.9. The Bertz CT molecular complexity index is 556. The van der Waals surface area contributed by atoms with Crippen LogP contribution in [0.5, 0.6) is 0 Å². The molecule has 0 aliphatic heterocycles. The van der Waals surface area contributed by atoms with Crippen molar-refractivity contribution in [2.24, 2.45) is 5.73 Å². The Labute approximate surface area is 111 Å². The van der Waals surface area contributed by atoms with Gasteiger partial charge in [0.15, 0.2) is 0 Å². The molecule has 0 aromatic carbocycles. The number of carbonyl (C=O) groups is 2. The predicted octanol–water partition coefficient (Wildman–Crippen LogP) is -0.581. The molecule has 1 aromatic rings. The lowest BCUT2D eigenvalue weighted by atomic mass is 10.0. The van der Waals surface area contributed by atoms with Crippen molar-refractivity contribution in [1.82, 2.24) is 10.3 Å². The van der Waals surface area contributed by atoms with Crippen molar-refractivity contribution in [2.75, 3.05) is 6.61 Å². The standard InChI is InChI=1S/C13H15N3O3/c1-13(2,12(14)19)16-11(18)10-6-9(4-3-5-17)7-15-8-10/h6-8,17H,5H2,1-2H3,(H2,14,19)(H,16,18). The maximum Gasteiger partial charge on any atom is 0.253 e. The number of primary amides is 1. The molecule has 0 spiro atoms. The molecule has 6 heteroatoms. The van der Waals surface area contributed by atoms with Crippen LogP contribution in [0.15, 0.2) is 18.5 Å². The van der Waals surface area contributed by atoms with E-state index in [1.54, 1.807) is 0 Å². The second-order valence-electron chi connectivity index (χ2n) is 4.37. The van der Waals surface area contributed by atoms with Crippen LogP contribution in [0.4, 0.5) is 0 Å². The average Bonchev–Trinajstić information content (AvgIpc) is 2.36. The minimum atomic E-state index is -1.15. The summed E-state index contributed by atoms with van der Waals surface area (Å²) in [5.74, 6) is 4.00. The summed E-state index contributed by atoms with van der Waals surface area (Å²) < 4.78 is 0. The first-order chi connectivity index (χ1) is 8.86. The van der Waals surface area contributed by atoms with Gasteiger partial charge in [-0.05, 0) is 19.9 Å². The number of aliphatic hydroxyl groups excluding tert-OH is 1. The van der Waals surface area contributed by atoms with Crippen LogP contribution in [-0.4, -0.2) is 34.1 Å². The highest BCUT2D eigenvalue weighted by molar-refractivity contribution is 5.98. The molecule has 2 amide bonds. The molecule has 6 nitrogen and oxygen atoms in total. The molecule has 0 bridgehead atoms. The molecule has 4 N–H and O–H groups in total. The molecule has 0 unspecified atom stereocenters. The normalized spacial score (nSPS) is 10.3. The van der Waals surface area contributed by atoms with Crippen molar-refractivity contribution in [2.45, 2.75) is 19.4 Å². The summed E-state index contributed by atoms with van der Waals surface area (Å²) in [6, 6.07) is 1.52. The van der Waals surface area contributed by atoms with Gasteiger partial charge in [0.2, 0.25) is 5.91 Å². The van der Waals surface area contributed by atoms with Crippen molar-refractivity contribution < 1.29 is 14.7 Å². The monoisotopic (exact) mass is 261 g/mol. The first-order valence-electron chi connectivity index (χ1n) is 5.54. The van der Waals surface area contributed by atoms with E-state index in [4.69, 9.17) is 10.8 Å². The molecule has 100 valence electrons. The lowest BCUT2D eigenvalue weighted by molar-refractivity contribution is -0.122. The topological polar surface area (TPSA) is 105 Å². The van der Waals surface area contributed by atoms with Gasteiger partial charge in [-0.1, -0.05) is 11.8 Å². The van der Waals surface area contributed by atoms with Gasteiger partial charge in [0.25, 0.3) is 5.91 Å². The second-order valence-corrected chi connectivity index (χ2v) is 4.37. The third-order valence-corrected chi connectivity index (χ3v) is 2.35. The highest BCUT2D eigenvalue weighted by atomic mass is 16.2. The zero-order chi connectivity index (χ0) is 14.5.